The van der Waals surface area contributed by atoms with E-state index in [1.54, 1.807) is 35.8 Å². The van der Waals surface area contributed by atoms with E-state index in [-0.39, 0.29) is 11.6 Å². The number of piperazine rings is 1. The number of pyridine rings is 1. The van der Waals surface area contributed by atoms with Crippen LogP contribution in [0.4, 0.5) is 5.82 Å². The lowest BCUT2D eigenvalue weighted by Crippen LogP contribution is -2.55. The first-order valence-electron chi connectivity index (χ1n) is 14.0. The zero-order valence-corrected chi connectivity index (χ0v) is 24.7. The lowest BCUT2D eigenvalue weighted by atomic mass is 9.99. The number of nitrogens with one attached hydrogen (secondary N) is 1. The van der Waals surface area contributed by atoms with Crippen molar-refractivity contribution in [1.29, 1.82) is 0 Å². The van der Waals surface area contributed by atoms with Gasteiger partial charge in [0.25, 0.3) is 11.7 Å². The topological polar surface area (TPSA) is 135 Å². The van der Waals surface area contributed by atoms with Crippen molar-refractivity contribution in [2.45, 2.75) is 32.2 Å². The molecule has 13 heteroatoms. The van der Waals surface area contributed by atoms with Crippen LogP contribution in [0.2, 0.25) is 0 Å². The van der Waals surface area contributed by atoms with Crippen LogP contribution < -0.4 is 9.64 Å². The first-order valence-corrected chi connectivity index (χ1v) is 14.8. The third-order valence-electron chi connectivity index (χ3n) is 7.98. The number of ether oxygens (including phenoxy) is 1. The van der Waals surface area contributed by atoms with Gasteiger partial charge in [-0.15, -0.1) is 11.3 Å². The van der Waals surface area contributed by atoms with E-state index in [0.29, 0.717) is 53.8 Å². The Balaban J connectivity index is 1.13. The van der Waals surface area contributed by atoms with Gasteiger partial charge >= 0.3 is 0 Å². The molecule has 43 heavy (non-hydrogen) atoms. The van der Waals surface area contributed by atoms with Crippen molar-refractivity contribution < 1.29 is 14.3 Å². The van der Waals surface area contributed by atoms with Crippen molar-refractivity contribution in [2.24, 2.45) is 0 Å². The fourth-order valence-corrected chi connectivity index (χ4v) is 7.04. The van der Waals surface area contributed by atoms with Gasteiger partial charge in [-0.3, -0.25) is 9.59 Å². The molecule has 0 saturated carbocycles. The molecule has 1 fully saturated rings. The second-order valence-electron chi connectivity index (χ2n) is 10.7. The molecule has 1 amide bonds. The summed E-state index contributed by atoms with van der Waals surface area (Å²) in [5.41, 5.74) is 1.68. The van der Waals surface area contributed by atoms with Crippen LogP contribution in [-0.4, -0.2) is 84.1 Å². The summed E-state index contributed by atoms with van der Waals surface area (Å²) in [7, 11) is 1.50. The maximum atomic E-state index is 13.7. The number of nitrogens with zero attached hydrogens (tertiary/aromatic N) is 8. The number of methoxy groups -OCH3 is 1. The van der Waals surface area contributed by atoms with Crippen LogP contribution in [0.1, 0.15) is 40.3 Å². The minimum atomic E-state index is -0.612. The number of hydrogen-bond donors (Lipinski definition) is 1. The van der Waals surface area contributed by atoms with Crippen molar-refractivity contribution in [3.05, 3.63) is 71.7 Å². The Labute approximate surface area is 250 Å². The monoisotopic (exact) mass is 595 g/mol. The lowest BCUT2D eigenvalue weighted by molar-refractivity contribution is -0.128. The second-order valence-corrected chi connectivity index (χ2v) is 11.8. The molecule has 5 aromatic rings. The summed E-state index contributed by atoms with van der Waals surface area (Å²) in [6.07, 6.45) is 15.7. The van der Waals surface area contributed by atoms with Crippen LogP contribution in [0.25, 0.3) is 26.9 Å². The van der Waals surface area contributed by atoms with Gasteiger partial charge in [-0.25, -0.2) is 24.6 Å². The average molecular weight is 596 g/mol. The molecule has 1 N–H and O–H groups in total. The number of amides is 1. The fraction of sp³-hybridized carbons (Fsp3) is 0.300. The number of Topliss-reactive ketones (excluding diaryl/α,β-unsaturated/α-hetero) is 1. The van der Waals surface area contributed by atoms with E-state index in [2.05, 4.69) is 65.3 Å². The van der Waals surface area contributed by atoms with Crippen LogP contribution in [0, 0.1) is 6.92 Å². The molecule has 1 saturated heterocycles. The molecule has 0 radical (unpaired) electrons. The van der Waals surface area contributed by atoms with Crippen LogP contribution in [0.3, 0.4) is 0 Å². The standard InChI is InChI=1S/C30H29N9O3S/c1-17-14-37(29-27-21(33-15-34-29)11-23(43-27)19-7-5-4-6-8-19)9-10-38(17)30(41)26(40)20-12-31-25-24(20)22(42-3)13-32-28(25)39-16-35-18(2)36-39/h4-7,11-13,15-17,19,31H,8-10,14H2,1-3H3/t17-,19?/m1/s1. The average Bonchev–Trinajstić information content (AvgIpc) is 3.78. The van der Waals surface area contributed by atoms with E-state index in [0.717, 1.165) is 22.5 Å². The highest BCUT2D eigenvalue weighted by Gasteiger charge is 2.34. The minimum absolute atomic E-state index is 0.219. The second kappa shape index (κ2) is 10.7. The molecule has 218 valence electrons. The maximum Gasteiger partial charge on any atom is 0.295 e. The Hall–Kier alpha value is -4.91. The fourth-order valence-electron chi connectivity index (χ4n) is 5.82. The van der Waals surface area contributed by atoms with E-state index in [4.69, 9.17) is 4.74 Å². The highest BCUT2D eigenvalue weighted by Crippen LogP contribution is 2.38. The molecular weight excluding hydrogens is 566 g/mol. The quantitative estimate of drug-likeness (QED) is 0.228. The van der Waals surface area contributed by atoms with Crippen molar-refractivity contribution >= 4 is 50.0 Å². The van der Waals surface area contributed by atoms with Crippen LogP contribution in [-0.2, 0) is 4.79 Å². The molecule has 0 aromatic carbocycles. The summed E-state index contributed by atoms with van der Waals surface area (Å²) in [4.78, 5) is 53.4. The number of hydrogen-bond acceptors (Lipinski definition) is 10. The molecule has 2 atom stereocenters. The number of aryl methyl sites for hydroxylation is 1. The first kappa shape index (κ1) is 27.0. The van der Waals surface area contributed by atoms with Crippen molar-refractivity contribution in [3.8, 4) is 11.6 Å². The normalized spacial score (nSPS) is 18.6. The predicted molar refractivity (Wildman–Crippen MR) is 163 cm³/mol. The van der Waals surface area contributed by atoms with E-state index in [1.165, 1.54) is 29.1 Å². The summed E-state index contributed by atoms with van der Waals surface area (Å²) in [6.45, 7) is 5.21. The number of ketones is 1. The van der Waals surface area contributed by atoms with Crippen molar-refractivity contribution in [2.75, 3.05) is 31.6 Å². The number of thiophene rings is 1. The van der Waals surface area contributed by atoms with Gasteiger partial charge in [0.15, 0.2) is 5.82 Å². The van der Waals surface area contributed by atoms with Gasteiger partial charge in [0.05, 0.1) is 40.0 Å². The van der Waals surface area contributed by atoms with Crippen LogP contribution in [0.15, 0.2) is 55.4 Å². The third kappa shape index (κ3) is 4.65. The van der Waals surface area contributed by atoms with E-state index in [9.17, 15) is 9.59 Å². The molecule has 1 aliphatic heterocycles. The summed E-state index contributed by atoms with van der Waals surface area (Å²) < 4.78 is 8.09. The molecule has 2 aliphatic rings. The van der Waals surface area contributed by atoms with Gasteiger partial charge in [-0.1, -0.05) is 24.3 Å². The molecule has 12 nitrogen and oxygen atoms in total. The van der Waals surface area contributed by atoms with Gasteiger partial charge < -0.3 is 19.5 Å². The van der Waals surface area contributed by atoms with Gasteiger partial charge in [-0.2, -0.15) is 5.10 Å². The Morgan fingerprint density at radius 1 is 1.12 bits per heavy atom. The van der Waals surface area contributed by atoms with Gasteiger partial charge in [0.1, 0.15) is 30.0 Å². The van der Waals surface area contributed by atoms with Gasteiger partial charge in [0, 0.05) is 42.7 Å². The smallest absolute Gasteiger partial charge is 0.295 e. The molecular formula is C30H29N9O3S. The van der Waals surface area contributed by atoms with E-state index in [1.807, 2.05) is 6.92 Å². The third-order valence-corrected chi connectivity index (χ3v) is 9.23. The van der Waals surface area contributed by atoms with Gasteiger partial charge in [0.2, 0.25) is 0 Å². The van der Waals surface area contributed by atoms with E-state index < -0.39 is 11.7 Å². The van der Waals surface area contributed by atoms with Crippen LogP contribution >= 0.6 is 11.3 Å². The van der Waals surface area contributed by atoms with Crippen LogP contribution in [0.5, 0.6) is 5.75 Å². The predicted octanol–water partition coefficient (Wildman–Crippen LogP) is 3.99. The summed E-state index contributed by atoms with van der Waals surface area (Å²) in [5, 5.41) is 4.82. The lowest BCUT2D eigenvalue weighted by Gasteiger charge is -2.40. The number of carbonyl (C=O) groups is 2. The Morgan fingerprint density at radius 2 is 2.00 bits per heavy atom. The number of anilines is 1. The Bertz CT molecular complexity index is 1940. The number of carbonyl (C=O) groups excluding carboxylic acids is 2. The molecule has 0 bridgehead atoms. The number of H-pyrrole nitrogens is 1. The summed E-state index contributed by atoms with van der Waals surface area (Å²) in [6, 6.07) is 1.94. The molecule has 5 aromatic heterocycles. The number of aromatic nitrogens is 7. The number of rotatable bonds is 6. The highest BCUT2D eigenvalue weighted by atomic mass is 32.1. The summed E-state index contributed by atoms with van der Waals surface area (Å²) >= 11 is 1.72. The molecule has 1 unspecified atom stereocenters. The zero-order valence-electron chi connectivity index (χ0n) is 23.9. The van der Waals surface area contributed by atoms with Crippen molar-refractivity contribution in [1.82, 2.24) is 39.6 Å². The molecule has 1 aliphatic carbocycles. The molecule has 0 spiro atoms. The van der Waals surface area contributed by atoms with Crippen molar-refractivity contribution in [3.63, 3.8) is 0 Å². The zero-order chi connectivity index (χ0) is 29.7. The number of allylic oxidation sites excluding steroid dienone is 4. The molecule has 6 heterocycles. The SMILES string of the molecule is COc1cnc(-n2cnc(C)n2)c2[nH]cc(C(=O)C(=O)N3CCN(c4ncnc5cc(C6C=CC=CC6)sc45)C[C@H]3C)c12. The summed E-state index contributed by atoms with van der Waals surface area (Å²) in [5.74, 6) is 1.45. The van der Waals surface area contributed by atoms with Gasteiger partial charge in [-0.05, 0) is 26.3 Å². The highest BCUT2D eigenvalue weighted by molar-refractivity contribution is 7.19. The first-order chi connectivity index (χ1) is 20.9. The number of fused-ring (bicyclic) bond motifs is 2. The maximum absolute atomic E-state index is 13.7. The molecule has 7 rings (SSSR count). The number of aromatic amines is 1. The Morgan fingerprint density at radius 3 is 2.74 bits per heavy atom. The largest absolute Gasteiger partial charge is 0.494 e. The Kier molecular flexibility index (Phi) is 6.73. The van der Waals surface area contributed by atoms with E-state index >= 15 is 0 Å². The minimum Gasteiger partial charge on any atom is -0.494 e.